The van der Waals surface area contributed by atoms with Gasteiger partial charge in [-0.25, -0.2) is 8.42 Å². The number of fused-ring (bicyclic) bond motifs is 1. The van der Waals surface area contributed by atoms with Crippen LogP contribution in [0.5, 0.6) is 0 Å². The first kappa shape index (κ1) is 15.8. The molecule has 1 aromatic heterocycles. The number of hydrogen-bond donors (Lipinski definition) is 1. The van der Waals surface area contributed by atoms with Crippen LogP contribution >= 0.6 is 12.2 Å². The maximum atomic E-state index is 12.8. The van der Waals surface area contributed by atoms with Crippen LogP contribution in [-0.2, 0) is 10.0 Å². The molecule has 0 amide bonds. The molecular formula is C14H17N3O2S2. The summed E-state index contributed by atoms with van der Waals surface area (Å²) in [6.45, 7) is 1.78. The van der Waals surface area contributed by atoms with Crippen LogP contribution in [0.1, 0.15) is 13.3 Å². The third-order valence-corrected chi connectivity index (χ3v) is 5.58. The van der Waals surface area contributed by atoms with Crippen LogP contribution in [0.15, 0.2) is 41.4 Å². The molecule has 7 heteroatoms. The summed E-state index contributed by atoms with van der Waals surface area (Å²) in [6, 6.07) is 8.23. The van der Waals surface area contributed by atoms with E-state index in [4.69, 9.17) is 18.0 Å². The maximum absolute atomic E-state index is 12.8. The zero-order valence-electron chi connectivity index (χ0n) is 11.9. The molecule has 1 aromatic carbocycles. The van der Waals surface area contributed by atoms with Gasteiger partial charge in [0.05, 0.1) is 15.4 Å². The van der Waals surface area contributed by atoms with Crippen molar-refractivity contribution in [1.82, 2.24) is 9.29 Å². The molecule has 0 spiro atoms. The van der Waals surface area contributed by atoms with E-state index in [9.17, 15) is 8.42 Å². The second kappa shape index (κ2) is 6.05. The number of benzene rings is 1. The number of aromatic nitrogens is 1. The highest BCUT2D eigenvalue weighted by molar-refractivity contribution is 7.89. The molecule has 0 radical (unpaired) electrons. The van der Waals surface area contributed by atoms with Crippen LogP contribution in [0.2, 0.25) is 0 Å². The van der Waals surface area contributed by atoms with Gasteiger partial charge in [-0.2, -0.15) is 4.31 Å². The van der Waals surface area contributed by atoms with Crippen LogP contribution in [-0.4, -0.2) is 35.8 Å². The molecule has 1 atom stereocenters. The number of nitrogens with two attached hydrogens (primary N) is 1. The molecule has 0 aliphatic carbocycles. The number of hydrogen-bond acceptors (Lipinski definition) is 4. The SMILES string of the molecule is CC(CC(N)=S)N(C)S(=O)(=O)c1cccc2ncccc12. The van der Waals surface area contributed by atoms with E-state index >= 15 is 0 Å². The van der Waals surface area contributed by atoms with Crippen molar-refractivity contribution in [1.29, 1.82) is 0 Å². The third-order valence-electron chi connectivity index (χ3n) is 3.38. The lowest BCUT2D eigenvalue weighted by Gasteiger charge is -2.24. The minimum atomic E-state index is -3.63. The summed E-state index contributed by atoms with van der Waals surface area (Å²) in [7, 11) is -2.10. The van der Waals surface area contributed by atoms with Gasteiger partial charge in [0.25, 0.3) is 0 Å². The molecule has 2 N–H and O–H groups in total. The summed E-state index contributed by atoms with van der Waals surface area (Å²) in [4.78, 5) is 4.72. The summed E-state index contributed by atoms with van der Waals surface area (Å²) in [6.07, 6.45) is 1.98. The van der Waals surface area contributed by atoms with Crippen molar-refractivity contribution in [2.24, 2.45) is 5.73 Å². The summed E-state index contributed by atoms with van der Waals surface area (Å²) in [5, 5.41) is 0.606. The Balaban J connectivity index is 2.49. The summed E-state index contributed by atoms with van der Waals surface area (Å²) < 4.78 is 26.9. The molecule has 1 heterocycles. The van der Waals surface area contributed by atoms with Crippen molar-refractivity contribution in [3.05, 3.63) is 36.5 Å². The Bertz CT molecular complexity index is 769. The van der Waals surface area contributed by atoms with Crippen LogP contribution in [0.3, 0.4) is 0 Å². The number of sulfonamides is 1. The maximum Gasteiger partial charge on any atom is 0.243 e. The highest BCUT2D eigenvalue weighted by Gasteiger charge is 2.27. The number of thiocarbonyl (C=S) groups is 1. The number of pyridine rings is 1. The van der Waals surface area contributed by atoms with E-state index in [1.54, 1.807) is 43.5 Å². The van der Waals surface area contributed by atoms with E-state index in [-0.39, 0.29) is 10.9 Å². The highest BCUT2D eigenvalue weighted by atomic mass is 32.2. The van der Waals surface area contributed by atoms with E-state index in [1.165, 1.54) is 11.4 Å². The second-order valence-electron chi connectivity index (χ2n) is 4.87. The molecule has 0 aliphatic rings. The summed E-state index contributed by atoms with van der Waals surface area (Å²) >= 11 is 4.85. The normalized spacial score (nSPS) is 13.5. The molecule has 1 unspecified atom stereocenters. The molecule has 0 saturated carbocycles. The Hall–Kier alpha value is -1.57. The molecule has 112 valence electrons. The zero-order valence-corrected chi connectivity index (χ0v) is 13.5. The first-order chi connectivity index (χ1) is 9.84. The van der Waals surface area contributed by atoms with Gasteiger partial charge in [-0.15, -0.1) is 0 Å². The van der Waals surface area contributed by atoms with Gasteiger partial charge in [0, 0.05) is 31.1 Å². The van der Waals surface area contributed by atoms with E-state index in [0.29, 0.717) is 22.3 Å². The number of rotatable bonds is 5. The largest absolute Gasteiger partial charge is 0.393 e. The molecule has 2 rings (SSSR count). The van der Waals surface area contributed by atoms with Gasteiger partial charge < -0.3 is 5.73 Å². The summed E-state index contributed by atoms with van der Waals surface area (Å²) in [5.74, 6) is 0. The quantitative estimate of drug-likeness (QED) is 0.851. The van der Waals surface area contributed by atoms with Crippen molar-refractivity contribution in [3.8, 4) is 0 Å². The molecule has 21 heavy (non-hydrogen) atoms. The van der Waals surface area contributed by atoms with Gasteiger partial charge in [-0.1, -0.05) is 18.3 Å². The Morgan fingerprint density at radius 2 is 2.10 bits per heavy atom. The van der Waals surface area contributed by atoms with Gasteiger partial charge in [-0.05, 0) is 31.2 Å². The average molecular weight is 323 g/mol. The Labute approximate surface area is 129 Å². The monoisotopic (exact) mass is 323 g/mol. The summed E-state index contributed by atoms with van der Waals surface area (Å²) in [5.41, 5.74) is 6.15. The molecular weight excluding hydrogens is 306 g/mol. The van der Waals surface area contributed by atoms with E-state index in [0.717, 1.165) is 0 Å². The second-order valence-corrected chi connectivity index (χ2v) is 7.36. The smallest absolute Gasteiger partial charge is 0.243 e. The van der Waals surface area contributed by atoms with Crippen molar-refractivity contribution in [3.63, 3.8) is 0 Å². The predicted molar refractivity (Wildman–Crippen MR) is 87.6 cm³/mol. The standard InChI is InChI=1S/C14H17N3O2S2/c1-10(9-14(15)20)17(2)21(18,19)13-7-3-6-12-11(13)5-4-8-16-12/h3-8,10H,9H2,1-2H3,(H2,15,20). The lowest BCUT2D eigenvalue weighted by Crippen LogP contribution is -2.37. The fourth-order valence-corrected chi connectivity index (χ4v) is 3.91. The fourth-order valence-electron chi connectivity index (χ4n) is 2.11. The molecule has 0 fully saturated rings. The van der Waals surface area contributed by atoms with Gasteiger partial charge in [0.2, 0.25) is 10.0 Å². The van der Waals surface area contributed by atoms with Crippen molar-refractivity contribution < 1.29 is 8.42 Å². The zero-order chi connectivity index (χ0) is 15.6. The van der Waals surface area contributed by atoms with E-state index < -0.39 is 10.0 Å². The fraction of sp³-hybridized carbons (Fsp3) is 0.286. The minimum absolute atomic E-state index is 0.241. The Morgan fingerprint density at radius 1 is 1.38 bits per heavy atom. The molecule has 2 aromatic rings. The van der Waals surface area contributed by atoms with E-state index in [1.807, 2.05) is 0 Å². The third kappa shape index (κ3) is 3.20. The van der Waals surface area contributed by atoms with Crippen molar-refractivity contribution in [2.45, 2.75) is 24.3 Å². The highest BCUT2D eigenvalue weighted by Crippen LogP contribution is 2.25. The van der Waals surface area contributed by atoms with Crippen molar-refractivity contribution >= 4 is 38.1 Å². The molecule has 0 saturated heterocycles. The van der Waals surface area contributed by atoms with Crippen LogP contribution in [0, 0.1) is 0 Å². The molecule has 5 nitrogen and oxygen atoms in total. The first-order valence-corrected chi connectivity index (χ1v) is 8.29. The first-order valence-electron chi connectivity index (χ1n) is 6.44. The minimum Gasteiger partial charge on any atom is -0.393 e. The Kier molecular flexibility index (Phi) is 4.55. The van der Waals surface area contributed by atoms with Crippen LogP contribution in [0.4, 0.5) is 0 Å². The Morgan fingerprint density at radius 3 is 2.76 bits per heavy atom. The van der Waals surface area contributed by atoms with Gasteiger partial charge >= 0.3 is 0 Å². The topological polar surface area (TPSA) is 76.3 Å². The molecule has 0 bridgehead atoms. The van der Waals surface area contributed by atoms with Crippen LogP contribution in [0.25, 0.3) is 10.9 Å². The van der Waals surface area contributed by atoms with Crippen LogP contribution < -0.4 is 5.73 Å². The van der Waals surface area contributed by atoms with Crippen molar-refractivity contribution in [2.75, 3.05) is 7.05 Å². The lowest BCUT2D eigenvalue weighted by molar-refractivity contribution is 0.397. The predicted octanol–water partition coefficient (Wildman–Crippen LogP) is 1.92. The van der Waals surface area contributed by atoms with E-state index in [2.05, 4.69) is 4.98 Å². The average Bonchev–Trinajstić information content (AvgIpc) is 2.45. The van der Waals surface area contributed by atoms with Gasteiger partial charge in [-0.3, -0.25) is 4.98 Å². The number of nitrogens with zero attached hydrogens (tertiary/aromatic N) is 2. The lowest BCUT2D eigenvalue weighted by atomic mass is 10.2. The van der Waals surface area contributed by atoms with Gasteiger partial charge in [0.15, 0.2) is 0 Å². The van der Waals surface area contributed by atoms with Gasteiger partial charge in [0.1, 0.15) is 0 Å². The molecule has 0 aliphatic heterocycles.